The maximum atomic E-state index is 12.2. The van der Waals surface area contributed by atoms with E-state index in [9.17, 15) is 19.5 Å². The lowest BCUT2D eigenvalue weighted by molar-refractivity contribution is -0.159. The summed E-state index contributed by atoms with van der Waals surface area (Å²) in [5, 5.41) is 9.82. The predicted molar refractivity (Wildman–Crippen MR) is 117 cm³/mol. The van der Waals surface area contributed by atoms with Crippen LogP contribution in [-0.4, -0.2) is 87.4 Å². The van der Waals surface area contributed by atoms with Crippen molar-refractivity contribution in [1.29, 1.82) is 0 Å². The monoisotopic (exact) mass is 466 g/mol. The molecule has 10 heteroatoms. The molecule has 0 aliphatic rings. The zero-order valence-corrected chi connectivity index (χ0v) is 20.4. The van der Waals surface area contributed by atoms with E-state index in [0.29, 0.717) is 25.4 Å². The average molecular weight is 467 g/mol. The van der Waals surface area contributed by atoms with E-state index in [1.165, 1.54) is 11.8 Å². The normalized spacial score (nSPS) is 12.9. The van der Waals surface area contributed by atoms with Gasteiger partial charge in [0.25, 0.3) is 0 Å². The molecule has 0 amide bonds. The molecule has 182 valence electrons. The molecule has 1 N–H and O–H groups in total. The molecule has 0 bridgehead atoms. The van der Waals surface area contributed by atoms with Gasteiger partial charge in [-0.2, -0.15) is 0 Å². The van der Waals surface area contributed by atoms with Crippen LogP contribution in [0.2, 0.25) is 0 Å². The fourth-order valence-electron chi connectivity index (χ4n) is 1.87. The van der Waals surface area contributed by atoms with Gasteiger partial charge in [-0.05, 0) is 34.1 Å². The Morgan fingerprint density at radius 3 is 2.06 bits per heavy atom. The summed E-state index contributed by atoms with van der Waals surface area (Å²) in [5.41, 5.74) is -1.41. The summed E-state index contributed by atoms with van der Waals surface area (Å²) in [6, 6.07) is 0. The highest BCUT2D eigenvalue weighted by Gasteiger charge is 2.30. The number of thioether (sulfide) groups is 1. The Hall–Kier alpha value is -1.36. The molecule has 0 spiro atoms. The fraction of sp³-hybridized carbons (Fsp3) is 0.857. The molecule has 9 nitrogen and oxygen atoms in total. The maximum Gasteiger partial charge on any atom is 0.315 e. The quantitative estimate of drug-likeness (QED) is 0.193. The molecular weight excluding hydrogens is 428 g/mol. The molecule has 0 aliphatic carbocycles. The summed E-state index contributed by atoms with van der Waals surface area (Å²) in [4.78, 5) is 35.9. The van der Waals surface area contributed by atoms with Gasteiger partial charge in [0, 0.05) is 12.9 Å². The van der Waals surface area contributed by atoms with E-state index in [0.717, 1.165) is 0 Å². The van der Waals surface area contributed by atoms with Crippen molar-refractivity contribution < 1.29 is 43.2 Å². The SMILES string of the molecule is CCC(C)(C)C(=O)OCC(O)COC(=O)CSCC(C)(C)C(=O)OCCOCCOC. The van der Waals surface area contributed by atoms with E-state index < -0.39 is 28.9 Å². The number of carbonyl (C=O) groups is 3. The van der Waals surface area contributed by atoms with Gasteiger partial charge in [-0.3, -0.25) is 14.4 Å². The molecule has 0 fully saturated rings. The van der Waals surface area contributed by atoms with Gasteiger partial charge in [0.15, 0.2) is 0 Å². The summed E-state index contributed by atoms with van der Waals surface area (Å²) in [7, 11) is 1.58. The van der Waals surface area contributed by atoms with Gasteiger partial charge in [0.05, 0.1) is 36.4 Å². The summed E-state index contributed by atoms with van der Waals surface area (Å²) in [6.07, 6.45) is -0.483. The number of aliphatic hydroxyl groups is 1. The number of rotatable bonds is 17. The van der Waals surface area contributed by atoms with Crippen molar-refractivity contribution in [3.05, 3.63) is 0 Å². The number of esters is 3. The van der Waals surface area contributed by atoms with Gasteiger partial charge >= 0.3 is 17.9 Å². The van der Waals surface area contributed by atoms with Crippen molar-refractivity contribution in [2.75, 3.05) is 58.3 Å². The summed E-state index contributed by atoms with van der Waals surface area (Å²) in [6.45, 7) is 9.69. The van der Waals surface area contributed by atoms with Crippen LogP contribution in [0.3, 0.4) is 0 Å². The van der Waals surface area contributed by atoms with Crippen molar-refractivity contribution in [1.82, 2.24) is 0 Å². The van der Waals surface area contributed by atoms with Crippen LogP contribution in [0.1, 0.15) is 41.0 Å². The first-order valence-electron chi connectivity index (χ1n) is 10.3. The second-order valence-electron chi connectivity index (χ2n) is 8.29. The highest BCUT2D eigenvalue weighted by Crippen LogP contribution is 2.24. The summed E-state index contributed by atoms with van der Waals surface area (Å²) < 4.78 is 25.3. The molecule has 1 unspecified atom stereocenters. The van der Waals surface area contributed by atoms with Crippen LogP contribution < -0.4 is 0 Å². The zero-order valence-electron chi connectivity index (χ0n) is 19.6. The second kappa shape index (κ2) is 15.4. The number of methoxy groups -OCH3 is 1. The third-order valence-corrected chi connectivity index (χ3v) is 5.77. The Morgan fingerprint density at radius 1 is 0.871 bits per heavy atom. The Bertz CT molecular complexity index is 549. The minimum atomic E-state index is -1.09. The second-order valence-corrected chi connectivity index (χ2v) is 9.28. The number of carbonyl (C=O) groups excluding carboxylic acids is 3. The van der Waals surface area contributed by atoms with E-state index in [4.69, 9.17) is 23.7 Å². The van der Waals surface area contributed by atoms with Gasteiger partial charge in [0.1, 0.15) is 25.9 Å². The van der Waals surface area contributed by atoms with Crippen molar-refractivity contribution in [2.45, 2.75) is 47.1 Å². The van der Waals surface area contributed by atoms with Gasteiger partial charge in [-0.1, -0.05) is 6.92 Å². The molecule has 0 radical (unpaired) electrons. The highest BCUT2D eigenvalue weighted by molar-refractivity contribution is 7.99. The van der Waals surface area contributed by atoms with Gasteiger partial charge in [0.2, 0.25) is 0 Å². The molecule has 0 aromatic rings. The third kappa shape index (κ3) is 13.6. The molecule has 0 saturated carbocycles. The van der Waals surface area contributed by atoms with Crippen LogP contribution in [0.15, 0.2) is 0 Å². The van der Waals surface area contributed by atoms with Gasteiger partial charge in [-0.15, -0.1) is 11.8 Å². The maximum absolute atomic E-state index is 12.2. The van der Waals surface area contributed by atoms with Crippen LogP contribution in [0.4, 0.5) is 0 Å². The van der Waals surface area contributed by atoms with Gasteiger partial charge < -0.3 is 28.8 Å². The minimum Gasteiger partial charge on any atom is -0.463 e. The number of hydrogen-bond acceptors (Lipinski definition) is 10. The Kier molecular flexibility index (Phi) is 14.8. The average Bonchev–Trinajstić information content (AvgIpc) is 2.72. The predicted octanol–water partition coefficient (Wildman–Crippen LogP) is 1.84. The Labute approximate surface area is 189 Å². The van der Waals surface area contributed by atoms with Crippen molar-refractivity contribution >= 4 is 29.7 Å². The first-order valence-corrected chi connectivity index (χ1v) is 11.4. The van der Waals surface area contributed by atoms with E-state index in [1.807, 2.05) is 6.92 Å². The van der Waals surface area contributed by atoms with E-state index in [1.54, 1.807) is 34.8 Å². The lowest BCUT2D eigenvalue weighted by atomic mass is 9.91. The molecule has 0 aromatic carbocycles. The molecule has 0 saturated heterocycles. The minimum absolute atomic E-state index is 0.0201. The van der Waals surface area contributed by atoms with E-state index in [2.05, 4.69) is 0 Å². The van der Waals surface area contributed by atoms with Crippen LogP contribution >= 0.6 is 11.8 Å². The first kappa shape index (κ1) is 29.6. The van der Waals surface area contributed by atoms with Crippen LogP contribution in [0, 0.1) is 10.8 Å². The van der Waals surface area contributed by atoms with Crippen LogP contribution in [0.5, 0.6) is 0 Å². The third-order valence-electron chi connectivity index (χ3n) is 4.41. The molecule has 0 heterocycles. The number of ether oxygens (including phenoxy) is 5. The lowest BCUT2D eigenvalue weighted by Gasteiger charge is -2.22. The fourth-order valence-corrected chi connectivity index (χ4v) is 2.85. The smallest absolute Gasteiger partial charge is 0.315 e. The Morgan fingerprint density at radius 2 is 1.45 bits per heavy atom. The van der Waals surface area contributed by atoms with Crippen molar-refractivity contribution in [3.63, 3.8) is 0 Å². The lowest BCUT2D eigenvalue weighted by Crippen LogP contribution is -2.32. The molecule has 0 rings (SSSR count). The number of aliphatic hydroxyl groups excluding tert-OH is 1. The molecular formula is C21H38O9S. The molecule has 31 heavy (non-hydrogen) atoms. The summed E-state index contributed by atoms with van der Waals surface area (Å²) in [5.74, 6) is -0.938. The van der Waals surface area contributed by atoms with Gasteiger partial charge in [-0.25, -0.2) is 0 Å². The standard InChI is InChI=1S/C21H38O9S/c1-7-20(2,3)18(24)30-13-16(22)12-29-17(23)14-31-15-21(4,5)19(25)28-11-10-27-9-8-26-6/h16,22H,7-15H2,1-6H3. The Balaban J connectivity index is 4.02. The zero-order chi connectivity index (χ0) is 23.9. The van der Waals surface area contributed by atoms with Crippen LogP contribution in [0.25, 0.3) is 0 Å². The topological polar surface area (TPSA) is 118 Å². The largest absolute Gasteiger partial charge is 0.463 e. The van der Waals surface area contributed by atoms with E-state index >= 15 is 0 Å². The molecule has 1 atom stereocenters. The first-order chi connectivity index (χ1) is 14.5. The molecule has 0 aromatic heterocycles. The number of hydrogen-bond donors (Lipinski definition) is 1. The van der Waals surface area contributed by atoms with E-state index in [-0.39, 0.29) is 38.1 Å². The van der Waals surface area contributed by atoms with Crippen molar-refractivity contribution in [3.8, 4) is 0 Å². The highest BCUT2D eigenvalue weighted by atomic mass is 32.2. The molecule has 0 aliphatic heterocycles. The van der Waals surface area contributed by atoms with Crippen molar-refractivity contribution in [2.24, 2.45) is 10.8 Å². The van der Waals surface area contributed by atoms with Crippen LogP contribution in [-0.2, 0) is 38.1 Å². The summed E-state index contributed by atoms with van der Waals surface area (Å²) >= 11 is 1.23.